The van der Waals surface area contributed by atoms with Crippen LogP contribution < -0.4 is 9.64 Å². The third-order valence-electron chi connectivity index (χ3n) is 6.40. The van der Waals surface area contributed by atoms with Gasteiger partial charge in [-0.2, -0.15) is 0 Å². The molecule has 1 amide bonds. The molecule has 4 aromatic rings. The fourth-order valence-electron chi connectivity index (χ4n) is 4.75. The van der Waals surface area contributed by atoms with Crippen molar-refractivity contribution in [1.82, 2.24) is 9.55 Å². The molecule has 0 saturated carbocycles. The monoisotopic (exact) mass is 455 g/mol. The van der Waals surface area contributed by atoms with E-state index in [1.807, 2.05) is 85.5 Å². The number of carbonyl (C=O) groups is 1. The van der Waals surface area contributed by atoms with E-state index in [0.717, 1.165) is 33.9 Å². The molecule has 0 spiro atoms. The van der Waals surface area contributed by atoms with Crippen molar-refractivity contribution in [2.24, 2.45) is 0 Å². The molecule has 1 aliphatic rings. The number of aliphatic hydroxyl groups excluding tert-OH is 1. The van der Waals surface area contributed by atoms with E-state index in [0.29, 0.717) is 19.5 Å². The van der Waals surface area contributed by atoms with Gasteiger partial charge in [0.1, 0.15) is 24.3 Å². The van der Waals surface area contributed by atoms with E-state index in [2.05, 4.69) is 10.6 Å². The first-order chi connectivity index (χ1) is 16.5. The molecule has 1 fully saturated rings. The van der Waals surface area contributed by atoms with E-state index < -0.39 is 6.10 Å². The number of aliphatic hydroxyl groups is 1. The van der Waals surface area contributed by atoms with Gasteiger partial charge in [0.05, 0.1) is 17.6 Å². The van der Waals surface area contributed by atoms with Gasteiger partial charge in [-0.3, -0.25) is 4.79 Å². The van der Waals surface area contributed by atoms with Gasteiger partial charge < -0.3 is 19.3 Å². The molecule has 1 aromatic heterocycles. The maximum Gasteiger partial charge on any atom is 0.227 e. The Balaban J connectivity index is 1.38. The third kappa shape index (κ3) is 4.41. The van der Waals surface area contributed by atoms with Crippen molar-refractivity contribution < 1.29 is 14.6 Å². The molecule has 174 valence electrons. The zero-order chi connectivity index (χ0) is 23.7. The average Bonchev–Trinajstić information content (AvgIpc) is 3.40. The number of imidazole rings is 1. The molecule has 6 heteroatoms. The van der Waals surface area contributed by atoms with Crippen LogP contribution in [0.25, 0.3) is 11.0 Å². The number of anilines is 1. The van der Waals surface area contributed by atoms with Crippen LogP contribution in [-0.4, -0.2) is 39.8 Å². The molecule has 0 radical (unpaired) electrons. The zero-order valence-corrected chi connectivity index (χ0v) is 19.5. The quantitative estimate of drug-likeness (QED) is 0.442. The molecule has 2 unspecified atom stereocenters. The van der Waals surface area contributed by atoms with Gasteiger partial charge in [0.2, 0.25) is 5.91 Å². The summed E-state index contributed by atoms with van der Waals surface area (Å²) in [5, 5.41) is 10.9. The number of carbonyl (C=O) groups excluding carboxylic acids is 1. The van der Waals surface area contributed by atoms with Crippen LogP contribution in [0.3, 0.4) is 0 Å². The molecule has 0 aliphatic carbocycles. The van der Waals surface area contributed by atoms with Crippen LogP contribution in [0.2, 0.25) is 0 Å². The van der Waals surface area contributed by atoms with Crippen LogP contribution in [0.5, 0.6) is 5.75 Å². The number of amides is 1. The Labute approximate surface area is 199 Å². The minimum Gasteiger partial charge on any atom is -0.491 e. The second kappa shape index (κ2) is 9.31. The van der Waals surface area contributed by atoms with Gasteiger partial charge in [0.15, 0.2) is 0 Å². The Morgan fingerprint density at radius 1 is 1.06 bits per heavy atom. The predicted octanol–water partition coefficient (Wildman–Crippen LogP) is 4.61. The normalized spacial score (nSPS) is 16.9. The number of rotatable bonds is 7. The lowest BCUT2D eigenvalue weighted by Gasteiger charge is -2.19. The second-order valence-corrected chi connectivity index (χ2v) is 9.04. The van der Waals surface area contributed by atoms with Gasteiger partial charge >= 0.3 is 0 Å². The van der Waals surface area contributed by atoms with Crippen molar-refractivity contribution in [2.75, 3.05) is 18.1 Å². The lowest BCUT2D eigenvalue weighted by molar-refractivity contribution is -0.117. The van der Waals surface area contributed by atoms with Gasteiger partial charge in [0.25, 0.3) is 0 Å². The molecule has 2 heterocycles. The van der Waals surface area contributed by atoms with E-state index in [1.54, 1.807) is 0 Å². The predicted molar refractivity (Wildman–Crippen MR) is 133 cm³/mol. The number of ether oxygens (including phenoxy) is 1. The Kier molecular flexibility index (Phi) is 6.07. The highest BCUT2D eigenvalue weighted by atomic mass is 16.5. The number of hydrogen-bond acceptors (Lipinski definition) is 4. The Morgan fingerprint density at radius 3 is 2.62 bits per heavy atom. The fraction of sp³-hybridized carbons (Fsp3) is 0.286. The number of hydrogen-bond donors (Lipinski definition) is 1. The highest BCUT2D eigenvalue weighted by Crippen LogP contribution is 2.33. The summed E-state index contributed by atoms with van der Waals surface area (Å²) >= 11 is 0. The number of fused-ring (bicyclic) bond motifs is 1. The van der Waals surface area contributed by atoms with Gasteiger partial charge in [-0.05, 0) is 49.7 Å². The van der Waals surface area contributed by atoms with E-state index in [4.69, 9.17) is 9.72 Å². The van der Waals surface area contributed by atoms with Crippen LogP contribution in [0, 0.1) is 13.8 Å². The highest BCUT2D eigenvalue weighted by molar-refractivity contribution is 5.96. The Morgan fingerprint density at radius 2 is 1.82 bits per heavy atom. The topological polar surface area (TPSA) is 67.6 Å². The molecule has 3 aromatic carbocycles. The molecule has 1 N–H and O–H groups in total. The molecule has 6 nitrogen and oxygen atoms in total. The highest BCUT2D eigenvalue weighted by Gasteiger charge is 2.35. The molecule has 1 aliphatic heterocycles. The summed E-state index contributed by atoms with van der Waals surface area (Å²) in [5.74, 6) is 1.65. The van der Waals surface area contributed by atoms with Crippen molar-refractivity contribution in [3.05, 3.63) is 89.7 Å². The van der Waals surface area contributed by atoms with Crippen molar-refractivity contribution in [2.45, 2.75) is 38.8 Å². The van der Waals surface area contributed by atoms with Crippen LogP contribution in [0.4, 0.5) is 5.69 Å². The Hall–Kier alpha value is -3.64. The number of aryl methyl sites for hydroxylation is 2. The molecule has 34 heavy (non-hydrogen) atoms. The molecule has 0 bridgehead atoms. The first-order valence-electron chi connectivity index (χ1n) is 11.7. The smallest absolute Gasteiger partial charge is 0.227 e. The van der Waals surface area contributed by atoms with E-state index in [1.165, 1.54) is 5.56 Å². The number of aromatic nitrogens is 2. The van der Waals surface area contributed by atoms with Gasteiger partial charge in [0, 0.05) is 24.6 Å². The van der Waals surface area contributed by atoms with Gasteiger partial charge in [-0.15, -0.1) is 0 Å². The minimum absolute atomic E-state index is 0.0485. The lowest BCUT2D eigenvalue weighted by atomic mass is 10.1. The summed E-state index contributed by atoms with van der Waals surface area (Å²) in [4.78, 5) is 19.6. The minimum atomic E-state index is -0.723. The van der Waals surface area contributed by atoms with Gasteiger partial charge in [-0.1, -0.05) is 48.0 Å². The molecule has 1 saturated heterocycles. The van der Waals surface area contributed by atoms with Crippen molar-refractivity contribution in [3.8, 4) is 5.75 Å². The summed E-state index contributed by atoms with van der Waals surface area (Å²) in [7, 11) is 0. The molecular formula is C28H29N3O3. The first-order valence-corrected chi connectivity index (χ1v) is 11.7. The van der Waals surface area contributed by atoms with Crippen molar-refractivity contribution >= 4 is 22.6 Å². The Bertz CT molecular complexity index is 1320. The molecular weight excluding hydrogens is 426 g/mol. The van der Waals surface area contributed by atoms with Crippen molar-refractivity contribution in [3.63, 3.8) is 0 Å². The third-order valence-corrected chi connectivity index (χ3v) is 6.40. The summed E-state index contributed by atoms with van der Waals surface area (Å²) in [6.45, 7) is 5.14. The number of para-hydroxylation sites is 3. The fourth-order valence-corrected chi connectivity index (χ4v) is 4.75. The van der Waals surface area contributed by atoms with Gasteiger partial charge in [-0.25, -0.2) is 4.98 Å². The standard InChI is InChI=1S/C28H29N3O3/c1-19-12-13-26(20(2)14-19)34-18-23(32)17-31-25-11-7-6-10-24(25)29-28(31)21-15-27(33)30(16-21)22-8-4-3-5-9-22/h3-14,21,23,32H,15-18H2,1-2H3. The summed E-state index contributed by atoms with van der Waals surface area (Å²) in [5.41, 5.74) is 4.95. The SMILES string of the molecule is Cc1ccc(OCC(O)Cn2c(C3CC(=O)N(c4ccccc4)C3)nc3ccccc32)c(C)c1. The summed E-state index contributed by atoms with van der Waals surface area (Å²) in [6, 6.07) is 23.7. The maximum absolute atomic E-state index is 12.8. The van der Waals surface area contributed by atoms with E-state index in [9.17, 15) is 9.90 Å². The molecule has 2 atom stereocenters. The zero-order valence-electron chi connectivity index (χ0n) is 19.5. The molecule has 5 rings (SSSR count). The number of nitrogens with zero attached hydrogens (tertiary/aromatic N) is 3. The van der Waals surface area contributed by atoms with Crippen molar-refractivity contribution in [1.29, 1.82) is 0 Å². The second-order valence-electron chi connectivity index (χ2n) is 9.04. The lowest BCUT2D eigenvalue weighted by Crippen LogP contribution is -2.26. The van der Waals surface area contributed by atoms with Crippen LogP contribution in [-0.2, 0) is 11.3 Å². The average molecular weight is 456 g/mol. The largest absolute Gasteiger partial charge is 0.491 e. The number of benzene rings is 3. The first kappa shape index (κ1) is 22.2. The van der Waals surface area contributed by atoms with E-state index in [-0.39, 0.29) is 18.4 Å². The van der Waals surface area contributed by atoms with Crippen LogP contribution in [0.1, 0.15) is 29.3 Å². The van der Waals surface area contributed by atoms with E-state index >= 15 is 0 Å². The summed E-state index contributed by atoms with van der Waals surface area (Å²) in [6.07, 6.45) is -0.327. The maximum atomic E-state index is 12.8. The summed E-state index contributed by atoms with van der Waals surface area (Å²) < 4.78 is 7.98. The van der Waals surface area contributed by atoms with Crippen LogP contribution >= 0.6 is 0 Å². The van der Waals surface area contributed by atoms with Crippen LogP contribution in [0.15, 0.2) is 72.8 Å².